The smallest absolute Gasteiger partial charge is 0.0449 e. The Kier molecular flexibility index (Phi) is 7.86. The van der Waals surface area contributed by atoms with Gasteiger partial charge in [-0.05, 0) is 44.5 Å². The van der Waals surface area contributed by atoms with Gasteiger partial charge in [0, 0.05) is 18.6 Å². The van der Waals surface area contributed by atoms with E-state index in [4.69, 9.17) is 0 Å². The highest BCUT2D eigenvalue weighted by atomic mass is 15.1. The minimum Gasteiger partial charge on any atom is -0.309 e. The molecule has 2 atom stereocenters. The van der Waals surface area contributed by atoms with Crippen molar-refractivity contribution in [1.29, 1.82) is 0 Å². The van der Waals surface area contributed by atoms with Gasteiger partial charge in [0.25, 0.3) is 0 Å². The SMILES string of the molecule is CCCC(C)N(C)CC(NCC)c1ccc(CC)cc1. The number of nitrogens with one attached hydrogen (secondary N) is 1. The molecule has 2 heteroatoms. The van der Waals surface area contributed by atoms with Gasteiger partial charge in [0.05, 0.1) is 0 Å². The van der Waals surface area contributed by atoms with E-state index in [1.807, 2.05) is 0 Å². The summed E-state index contributed by atoms with van der Waals surface area (Å²) >= 11 is 0. The molecule has 0 aliphatic carbocycles. The van der Waals surface area contributed by atoms with Gasteiger partial charge in [0.2, 0.25) is 0 Å². The van der Waals surface area contributed by atoms with Crippen molar-refractivity contribution in [1.82, 2.24) is 10.2 Å². The van der Waals surface area contributed by atoms with Crippen LogP contribution in [-0.2, 0) is 6.42 Å². The Morgan fingerprint density at radius 2 is 1.75 bits per heavy atom. The summed E-state index contributed by atoms with van der Waals surface area (Å²) in [6.45, 7) is 11.1. The molecule has 0 amide bonds. The van der Waals surface area contributed by atoms with Gasteiger partial charge < -0.3 is 10.2 Å². The fraction of sp³-hybridized carbons (Fsp3) is 0.667. The minimum atomic E-state index is 0.426. The van der Waals surface area contributed by atoms with Crippen molar-refractivity contribution in [2.45, 2.75) is 59.0 Å². The molecule has 2 unspecified atom stereocenters. The molecule has 1 N–H and O–H groups in total. The van der Waals surface area contributed by atoms with Gasteiger partial charge >= 0.3 is 0 Å². The van der Waals surface area contributed by atoms with Gasteiger partial charge in [-0.25, -0.2) is 0 Å². The highest BCUT2D eigenvalue weighted by Crippen LogP contribution is 2.17. The van der Waals surface area contributed by atoms with E-state index in [1.165, 1.54) is 24.0 Å². The molecule has 0 aromatic heterocycles. The summed E-state index contributed by atoms with van der Waals surface area (Å²) in [5, 5.41) is 3.62. The second-order valence-electron chi connectivity index (χ2n) is 5.78. The lowest BCUT2D eigenvalue weighted by atomic mass is 10.0. The van der Waals surface area contributed by atoms with Crippen LogP contribution in [-0.4, -0.2) is 31.1 Å². The first-order valence-electron chi connectivity index (χ1n) is 8.14. The molecule has 0 radical (unpaired) electrons. The Morgan fingerprint density at radius 3 is 2.25 bits per heavy atom. The third-order valence-electron chi connectivity index (χ3n) is 4.17. The Hall–Kier alpha value is -0.860. The van der Waals surface area contributed by atoms with Crippen LogP contribution in [0.1, 0.15) is 57.7 Å². The van der Waals surface area contributed by atoms with Crippen molar-refractivity contribution < 1.29 is 0 Å². The Bertz CT molecular complexity index is 358. The van der Waals surface area contributed by atoms with Crippen LogP contribution in [0.3, 0.4) is 0 Å². The Balaban J connectivity index is 2.71. The topological polar surface area (TPSA) is 15.3 Å². The monoisotopic (exact) mass is 276 g/mol. The molecule has 20 heavy (non-hydrogen) atoms. The van der Waals surface area contributed by atoms with E-state index in [2.05, 4.69) is 69.2 Å². The number of hydrogen-bond donors (Lipinski definition) is 1. The lowest BCUT2D eigenvalue weighted by Crippen LogP contribution is -2.37. The zero-order chi connectivity index (χ0) is 15.0. The van der Waals surface area contributed by atoms with Crippen LogP contribution in [0.2, 0.25) is 0 Å². The quantitative estimate of drug-likeness (QED) is 0.733. The van der Waals surface area contributed by atoms with E-state index in [0.717, 1.165) is 19.5 Å². The van der Waals surface area contributed by atoms with Crippen molar-refractivity contribution >= 4 is 0 Å². The third-order valence-corrected chi connectivity index (χ3v) is 4.17. The lowest BCUT2D eigenvalue weighted by Gasteiger charge is -2.29. The Morgan fingerprint density at radius 1 is 1.10 bits per heavy atom. The van der Waals surface area contributed by atoms with E-state index in [9.17, 15) is 0 Å². The molecular formula is C18H32N2. The van der Waals surface area contributed by atoms with E-state index in [0.29, 0.717) is 12.1 Å². The number of benzene rings is 1. The molecule has 1 aromatic carbocycles. The maximum absolute atomic E-state index is 3.62. The summed E-state index contributed by atoms with van der Waals surface area (Å²) < 4.78 is 0. The van der Waals surface area contributed by atoms with Crippen LogP contribution in [0.5, 0.6) is 0 Å². The lowest BCUT2D eigenvalue weighted by molar-refractivity contribution is 0.219. The summed E-state index contributed by atoms with van der Waals surface area (Å²) in [6.07, 6.45) is 3.63. The standard InChI is InChI=1S/C18H32N2/c1-6-9-15(4)20(5)14-18(19-8-3)17-12-10-16(7-2)11-13-17/h10-13,15,18-19H,6-9,14H2,1-5H3. The largest absolute Gasteiger partial charge is 0.309 e. The van der Waals surface area contributed by atoms with Crippen molar-refractivity contribution in [3.05, 3.63) is 35.4 Å². The summed E-state index contributed by atoms with van der Waals surface area (Å²) in [5.74, 6) is 0. The van der Waals surface area contributed by atoms with Crippen molar-refractivity contribution in [2.75, 3.05) is 20.1 Å². The number of rotatable bonds is 9. The van der Waals surface area contributed by atoms with Crippen LogP contribution >= 0.6 is 0 Å². The second kappa shape index (κ2) is 9.15. The van der Waals surface area contributed by atoms with Crippen LogP contribution in [0.25, 0.3) is 0 Å². The van der Waals surface area contributed by atoms with Crippen LogP contribution in [0.4, 0.5) is 0 Å². The molecule has 0 heterocycles. The molecule has 0 saturated heterocycles. The van der Waals surface area contributed by atoms with E-state index in [1.54, 1.807) is 0 Å². The number of nitrogens with zero attached hydrogens (tertiary/aromatic N) is 1. The van der Waals surface area contributed by atoms with Crippen LogP contribution < -0.4 is 5.32 Å². The molecule has 0 aliphatic heterocycles. The fourth-order valence-electron chi connectivity index (χ4n) is 2.63. The predicted molar refractivity (Wildman–Crippen MR) is 89.2 cm³/mol. The van der Waals surface area contributed by atoms with E-state index < -0.39 is 0 Å². The van der Waals surface area contributed by atoms with Gasteiger partial charge in [-0.3, -0.25) is 0 Å². The van der Waals surface area contributed by atoms with Crippen molar-refractivity contribution in [2.24, 2.45) is 0 Å². The summed E-state index contributed by atoms with van der Waals surface area (Å²) in [6, 6.07) is 10.2. The molecule has 0 aliphatic rings. The third kappa shape index (κ3) is 5.26. The summed E-state index contributed by atoms with van der Waals surface area (Å²) in [5.41, 5.74) is 2.82. The molecular weight excluding hydrogens is 244 g/mol. The maximum atomic E-state index is 3.62. The second-order valence-corrected chi connectivity index (χ2v) is 5.78. The number of likely N-dealkylation sites (N-methyl/N-ethyl adjacent to an activating group) is 2. The zero-order valence-corrected chi connectivity index (χ0v) is 13.9. The van der Waals surface area contributed by atoms with E-state index in [-0.39, 0.29) is 0 Å². The van der Waals surface area contributed by atoms with Gasteiger partial charge in [0.15, 0.2) is 0 Å². The summed E-state index contributed by atoms with van der Waals surface area (Å²) in [7, 11) is 2.24. The van der Waals surface area contributed by atoms with Gasteiger partial charge in [0.1, 0.15) is 0 Å². The average Bonchev–Trinajstić information content (AvgIpc) is 2.47. The van der Waals surface area contributed by atoms with Crippen LogP contribution in [0.15, 0.2) is 24.3 Å². The molecule has 0 spiro atoms. The van der Waals surface area contributed by atoms with Gasteiger partial charge in [-0.15, -0.1) is 0 Å². The zero-order valence-electron chi connectivity index (χ0n) is 13.9. The molecule has 0 saturated carbocycles. The van der Waals surface area contributed by atoms with Crippen molar-refractivity contribution in [3.63, 3.8) is 0 Å². The van der Waals surface area contributed by atoms with E-state index >= 15 is 0 Å². The first-order valence-corrected chi connectivity index (χ1v) is 8.14. The van der Waals surface area contributed by atoms with Gasteiger partial charge in [-0.1, -0.05) is 51.5 Å². The first kappa shape index (κ1) is 17.2. The minimum absolute atomic E-state index is 0.426. The highest BCUT2D eigenvalue weighted by molar-refractivity contribution is 5.25. The normalized spacial score (nSPS) is 14.5. The molecule has 1 rings (SSSR count). The number of aryl methyl sites for hydroxylation is 1. The van der Waals surface area contributed by atoms with Gasteiger partial charge in [-0.2, -0.15) is 0 Å². The number of hydrogen-bond acceptors (Lipinski definition) is 2. The molecule has 2 nitrogen and oxygen atoms in total. The average molecular weight is 276 g/mol. The highest BCUT2D eigenvalue weighted by Gasteiger charge is 2.16. The molecule has 1 aromatic rings. The maximum Gasteiger partial charge on any atom is 0.0449 e. The first-order chi connectivity index (χ1) is 9.62. The molecule has 114 valence electrons. The van der Waals surface area contributed by atoms with Crippen LogP contribution in [0, 0.1) is 0 Å². The fourth-order valence-corrected chi connectivity index (χ4v) is 2.63. The van der Waals surface area contributed by atoms with Crippen molar-refractivity contribution in [3.8, 4) is 0 Å². The Labute approximate surface area is 125 Å². The molecule has 0 fully saturated rings. The predicted octanol–water partition coefficient (Wildman–Crippen LogP) is 4.02. The summed E-state index contributed by atoms with van der Waals surface area (Å²) in [4.78, 5) is 2.48. The molecule has 0 bridgehead atoms.